The first-order valence-corrected chi connectivity index (χ1v) is 8.77. The number of benzene rings is 1. The summed E-state index contributed by atoms with van der Waals surface area (Å²) in [7, 11) is 0. The standard InChI is InChI=1S/C14H17ClO3Se/c15-11-10-8-14(17,6-7-16)13(18-10)12(11)19-9-4-2-1-3-5-9/h1-5,10-13,16-17H,6-8H2/t10-,11+,12-,13-,14-/m0/s1. The molecule has 5 atom stereocenters. The zero-order valence-corrected chi connectivity index (χ0v) is 12.9. The predicted octanol–water partition coefficient (Wildman–Crippen LogP) is 0.697. The fourth-order valence-electron chi connectivity index (χ4n) is 3.00. The van der Waals surface area contributed by atoms with Gasteiger partial charge >= 0.3 is 124 Å². The zero-order chi connectivity index (χ0) is 13.5. The summed E-state index contributed by atoms with van der Waals surface area (Å²) in [5.74, 6) is 0. The molecule has 1 aromatic rings. The Morgan fingerprint density at radius 3 is 2.74 bits per heavy atom. The van der Waals surface area contributed by atoms with Gasteiger partial charge in [-0.2, -0.15) is 0 Å². The molecule has 2 fully saturated rings. The minimum absolute atomic E-state index is 0.0128. The number of aliphatic hydroxyl groups excluding tert-OH is 1. The van der Waals surface area contributed by atoms with E-state index in [4.69, 9.17) is 21.4 Å². The molecule has 0 spiro atoms. The van der Waals surface area contributed by atoms with E-state index < -0.39 is 5.60 Å². The molecular weight excluding hydrogens is 331 g/mol. The van der Waals surface area contributed by atoms with Gasteiger partial charge in [0.1, 0.15) is 0 Å². The Bertz CT molecular complexity index is 444. The molecule has 2 aliphatic heterocycles. The second-order valence-corrected chi connectivity index (χ2v) is 8.35. The van der Waals surface area contributed by atoms with Crippen molar-refractivity contribution in [3.05, 3.63) is 30.3 Å². The number of hydrogen-bond donors (Lipinski definition) is 2. The average Bonchev–Trinajstić information content (AvgIpc) is 2.88. The van der Waals surface area contributed by atoms with E-state index in [2.05, 4.69) is 12.1 Å². The summed E-state index contributed by atoms with van der Waals surface area (Å²) >= 11 is 6.65. The fourth-order valence-corrected chi connectivity index (χ4v) is 6.43. The molecule has 3 nitrogen and oxygen atoms in total. The summed E-state index contributed by atoms with van der Waals surface area (Å²) < 4.78 is 7.13. The van der Waals surface area contributed by atoms with Crippen LogP contribution in [0.15, 0.2) is 30.3 Å². The summed E-state index contributed by atoms with van der Waals surface area (Å²) in [5.41, 5.74) is -0.897. The van der Waals surface area contributed by atoms with E-state index in [1.54, 1.807) is 0 Å². The Morgan fingerprint density at radius 1 is 1.37 bits per heavy atom. The second kappa shape index (κ2) is 5.36. The Balaban J connectivity index is 1.78. The molecule has 3 rings (SSSR count). The van der Waals surface area contributed by atoms with Crippen LogP contribution < -0.4 is 4.46 Å². The fraction of sp³-hybridized carbons (Fsp3) is 0.571. The number of halogens is 1. The van der Waals surface area contributed by atoms with E-state index >= 15 is 0 Å². The van der Waals surface area contributed by atoms with Crippen molar-refractivity contribution in [1.29, 1.82) is 0 Å². The molecule has 1 aromatic carbocycles. The van der Waals surface area contributed by atoms with Crippen molar-refractivity contribution in [2.24, 2.45) is 0 Å². The van der Waals surface area contributed by atoms with Gasteiger partial charge in [-0.3, -0.25) is 0 Å². The molecule has 2 N–H and O–H groups in total. The van der Waals surface area contributed by atoms with Crippen molar-refractivity contribution in [2.75, 3.05) is 6.61 Å². The van der Waals surface area contributed by atoms with Crippen molar-refractivity contribution in [3.63, 3.8) is 0 Å². The van der Waals surface area contributed by atoms with Gasteiger partial charge in [-0.05, 0) is 0 Å². The first kappa shape index (κ1) is 13.9. The van der Waals surface area contributed by atoms with Gasteiger partial charge in [0.25, 0.3) is 0 Å². The van der Waals surface area contributed by atoms with E-state index in [0.29, 0.717) is 12.8 Å². The zero-order valence-electron chi connectivity index (χ0n) is 10.4. The summed E-state index contributed by atoms with van der Waals surface area (Å²) in [6, 6.07) is 10.2. The molecule has 0 saturated carbocycles. The van der Waals surface area contributed by atoms with Crippen LogP contribution in [0.1, 0.15) is 12.8 Å². The average molecular weight is 348 g/mol. The van der Waals surface area contributed by atoms with Gasteiger partial charge in [-0.15, -0.1) is 0 Å². The monoisotopic (exact) mass is 348 g/mol. The molecule has 0 unspecified atom stereocenters. The van der Waals surface area contributed by atoms with Crippen LogP contribution in [0.25, 0.3) is 0 Å². The molecule has 0 aliphatic carbocycles. The van der Waals surface area contributed by atoms with Crippen LogP contribution in [0.5, 0.6) is 0 Å². The number of alkyl halides is 1. The van der Waals surface area contributed by atoms with E-state index in [1.165, 1.54) is 4.46 Å². The summed E-state index contributed by atoms with van der Waals surface area (Å²) in [6.07, 6.45) is 0.624. The molecule has 0 aromatic heterocycles. The molecule has 5 heteroatoms. The normalized spacial score (nSPS) is 40.8. The quantitative estimate of drug-likeness (QED) is 0.622. The SMILES string of the molecule is OCC[C@]1(O)C[C@@H]2O[C@H]1[C@@H]([Se]c1ccccc1)[C@@H]2Cl. The van der Waals surface area contributed by atoms with E-state index in [1.807, 2.05) is 18.2 Å². The summed E-state index contributed by atoms with van der Waals surface area (Å²) in [5, 5.41) is 19.7. The molecule has 2 heterocycles. The molecule has 2 bridgehead atoms. The molecule has 104 valence electrons. The molecule has 2 aliphatic rings. The third kappa shape index (κ3) is 2.46. The third-order valence-electron chi connectivity index (χ3n) is 3.93. The Kier molecular flexibility index (Phi) is 3.91. The predicted molar refractivity (Wildman–Crippen MR) is 75.2 cm³/mol. The maximum absolute atomic E-state index is 10.6. The topological polar surface area (TPSA) is 49.7 Å². The first-order valence-electron chi connectivity index (χ1n) is 6.48. The van der Waals surface area contributed by atoms with Gasteiger partial charge in [-0.1, -0.05) is 0 Å². The van der Waals surface area contributed by atoms with E-state index in [9.17, 15) is 5.11 Å². The van der Waals surface area contributed by atoms with Crippen LogP contribution >= 0.6 is 11.6 Å². The van der Waals surface area contributed by atoms with Crippen molar-refractivity contribution < 1.29 is 14.9 Å². The van der Waals surface area contributed by atoms with Crippen molar-refractivity contribution in [1.82, 2.24) is 0 Å². The van der Waals surface area contributed by atoms with Crippen molar-refractivity contribution in [2.45, 2.75) is 40.8 Å². The number of hydrogen-bond acceptors (Lipinski definition) is 3. The van der Waals surface area contributed by atoms with Gasteiger partial charge in [0.2, 0.25) is 0 Å². The van der Waals surface area contributed by atoms with E-state index in [-0.39, 0.29) is 44.0 Å². The van der Waals surface area contributed by atoms with Crippen molar-refractivity contribution >= 4 is 31.0 Å². The molecule has 2 saturated heterocycles. The second-order valence-electron chi connectivity index (χ2n) is 5.22. The van der Waals surface area contributed by atoms with Crippen LogP contribution in [-0.4, -0.2) is 55.0 Å². The van der Waals surface area contributed by atoms with Gasteiger partial charge in [0.15, 0.2) is 0 Å². The Hall–Kier alpha value is -0.0905. The van der Waals surface area contributed by atoms with Gasteiger partial charge in [0, 0.05) is 0 Å². The van der Waals surface area contributed by atoms with Gasteiger partial charge < -0.3 is 0 Å². The summed E-state index contributed by atoms with van der Waals surface area (Å²) in [4.78, 5) is 0.173. The number of aliphatic hydroxyl groups is 2. The third-order valence-corrected chi connectivity index (χ3v) is 7.67. The van der Waals surface area contributed by atoms with Crippen LogP contribution in [0.3, 0.4) is 0 Å². The Labute approximate surface area is 124 Å². The number of fused-ring (bicyclic) bond motifs is 2. The summed E-state index contributed by atoms with van der Waals surface area (Å²) in [6.45, 7) is -0.0128. The maximum atomic E-state index is 10.6. The van der Waals surface area contributed by atoms with E-state index in [0.717, 1.165) is 0 Å². The van der Waals surface area contributed by atoms with Crippen molar-refractivity contribution in [3.8, 4) is 0 Å². The van der Waals surface area contributed by atoms with Crippen LogP contribution in [-0.2, 0) is 4.74 Å². The van der Waals surface area contributed by atoms with Crippen LogP contribution in [0.4, 0.5) is 0 Å². The Morgan fingerprint density at radius 2 is 2.11 bits per heavy atom. The van der Waals surface area contributed by atoms with Crippen LogP contribution in [0, 0.1) is 0 Å². The molecule has 0 radical (unpaired) electrons. The van der Waals surface area contributed by atoms with Crippen LogP contribution in [0.2, 0.25) is 4.82 Å². The first-order chi connectivity index (χ1) is 9.14. The molecular formula is C14H17ClO3Se. The minimum atomic E-state index is -0.897. The molecule has 19 heavy (non-hydrogen) atoms. The molecule has 0 amide bonds. The number of ether oxygens (including phenoxy) is 1. The number of rotatable bonds is 4. The van der Waals surface area contributed by atoms with Gasteiger partial charge in [0.05, 0.1) is 0 Å². The van der Waals surface area contributed by atoms with Gasteiger partial charge in [-0.25, -0.2) is 0 Å².